The molecule has 1 atom stereocenters. The fourth-order valence-corrected chi connectivity index (χ4v) is 3.89. The highest BCUT2D eigenvalue weighted by molar-refractivity contribution is 6.00. The average Bonchev–Trinajstić information content (AvgIpc) is 2.66. The number of rotatable bonds is 3. The molecule has 1 unspecified atom stereocenters. The minimum atomic E-state index is -0.366. The maximum Gasteiger partial charge on any atom is 0.221 e. The largest absolute Gasteiger partial charge is 0.481 e. The lowest BCUT2D eigenvalue weighted by Crippen LogP contribution is -2.23. The van der Waals surface area contributed by atoms with E-state index in [0.29, 0.717) is 46.8 Å². The second-order valence-corrected chi connectivity index (χ2v) is 6.81. The Morgan fingerprint density at radius 3 is 2.79 bits per heavy atom. The number of ketones is 1. The van der Waals surface area contributed by atoms with E-state index in [9.17, 15) is 9.18 Å². The molecule has 0 spiro atoms. The standard InChI is InChI=1S/C21H19FN4O2/c1-11-19-17(26-21(23)25-11)8-12(9-18(19)27)14-6-5-13(22)10-16(14)15-4-3-7-24-20(15)28-2/h3-7,10,12H,8-9H2,1-2H3,(H2,23,25,26). The molecule has 4 rings (SSSR count). The molecule has 0 saturated carbocycles. The van der Waals surface area contributed by atoms with Gasteiger partial charge in [-0.05, 0) is 54.7 Å². The Morgan fingerprint density at radius 1 is 1.18 bits per heavy atom. The minimum absolute atomic E-state index is 0.0304. The van der Waals surface area contributed by atoms with E-state index in [1.165, 1.54) is 19.2 Å². The van der Waals surface area contributed by atoms with Crippen LogP contribution < -0.4 is 10.5 Å². The van der Waals surface area contributed by atoms with Crippen molar-refractivity contribution in [3.05, 3.63) is 64.9 Å². The first-order valence-electron chi connectivity index (χ1n) is 8.93. The molecule has 0 radical (unpaired) electrons. The number of halogens is 1. The van der Waals surface area contributed by atoms with E-state index in [4.69, 9.17) is 10.5 Å². The Kier molecular flexibility index (Phi) is 4.50. The molecule has 0 saturated heterocycles. The van der Waals surface area contributed by atoms with Crippen molar-refractivity contribution >= 4 is 11.7 Å². The highest BCUT2D eigenvalue weighted by atomic mass is 19.1. The number of Topliss-reactive ketones (excluding diaryl/α,β-unsaturated/α-hetero) is 1. The molecule has 1 aromatic carbocycles. The van der Waals surface area contributed by atoms with Gasteiger partial charge in [-0.3, -0.25) is 4.79 Å². The van der Waals surface area contributed by atoms with E-state index in [1.54, 1.807) is 25.3 Å². The molecule has 0 bridgehead atoms. The van der Waals surface area contributed by atoms with Crippen LogP contribution in [0.3, 0.4) is 0 Å². The summed E-state index contributed by atoms with van der Waals surface area (Å²) >= 11 is 0. The summed E-state index contributed by atoms with van der Waals surface area (Å²) < 4.78 is 19.4. The van der Waals surface area contributed by atoms with Gasteiger partial charge in [0, 0.05) is 18.2 Å². The van der Waals surface area contributed by atoms with E-state index in [0.717, 1.165) is 5.56 Å². The molecular weight excluding hydrogens is 359 g/mol. The molecule has 6 nitrogen and oxygen atoms in total. The van der Waals surface area contributed by atoms with Crippen molar-refractivity contribution in [2.75, 3.05) is 12.8 Å². The Morgan fingerprint density at radius 2 is 2.00 bits per heavy atom. The lowest BCUT2D eigenvalue weighted by atomic mass is 9.78. The van der Waals surface area contributed by atoms with Gasteiger partial charge in [-0.2, -0.15) is 0 Å². The summed E-state index contributed by atoms with van der Waals surface area (Å²) in [6.07, 6.45) is 2.43. The number of aromatic nitrogens is 3. The van der Waals surface area contributed by atoms with Gasteiger partial charge in [-0.25, -0.2) is 19.3 Å². The van der Waals surface area contributed by atoms with E-state index in [1.807, 2.05) is 6.07 Å². The third-order valence-electron chi connectivity index (χ3n) is 5.04. The molecule has 3 aromatic rings. The number of hydrogen-bond donors (Lipinski definition) is 1. The molecular formula is C21H19FN4O2. The van der Waals surface area contributed by atoms with Gasteiger partial charge in [0.2, 0.25) is 11.8 Å². The molecule has 142 valence electrons. The molecule has 1 aliphatic rings. The first kappa shape index (κ1) is 18.0. The number of ether oxygens (including phenoxy) is 1. The zero-order valence-corrected chi connectivity index (χ0v) is 15.6. The minimum Gasteiger partial charge on any atom is -0.481 e. The van der Waals surface area contributed by atoms with Crippen LogP contribution in [0.1, 0.15) is 39.6 Å². The zero-order chi connectivity index (χ0) is 19.8. The quantitative estimate of drug-likeness (QED) is 0.750. The maximum atomic E-state index is 14.1. The van der Waals surface area contributed by atoms with Crippen LogP contribution in [-0.4, -0.2) is 27.8 Å². The third-order valence-corrected chi connectivity index (χ3v) is 5.04. The Labute approximate surface area is 161 Å². The maximum absolute atomic E-state index is 14.1. The molecule has 0 fully saturated rings. The van der Waals surface area contributed by atoms with Gasteiger partial charge in [0.05, 0.1) is 24.1 Å². The molecule has 28 heavy (non-hydrogen) atoms. The number of nitrogens with zero attached hydrogens (tertiary/aromatic N) is 3. The van der Waals surface area contributed by atoms with E-state index in [2.05, 4.69) is 15.0 Å². The van der Waals surface area contributed by atoms with Crippen LogP contribution in [0.15, 0.2) is 36.5 Å². The van der Waals surface area contributed by atoms with E-state index >= 15 is 0 Å². The van der Waals surface area contributed by atoms with Crippen LogP contribution in [0.5, 0.6) is 5.88 Å². The Bertz CT molecular complexity index is 1080. The van der Waals surface area contributed by atoms with Crippen molar-refractivity contribution in [2.24, 2.45) is 0 Å². The van der Waals surface area contributed by atoms with Crippen molar-refractivity contribution in [2.45, 2.75) is 25.7 Å². The monoisotopic (exact) mass is 378 g/mol. The number of aryl methyl sites for hydroxylation is 1. The van der Waals surface area contributed by atoms with Crippen molar-refractivity contribution in [3.63, 3.8) is 0 Å². The summed E-state index contributed by atoms with van der Waals surface area (Å²) in [4.78, 5) is 25.4. The fourth-order valence-electron chi connectivity index (χ4n) is 3.89. The predicted octanol–water partition coefficient (Wildman–Crippen LogP) is 3.49. The molecule has 0 aliphatic heterocycles. The number of nitrogens with two attached hydrogens (primary N) is 1. The number of carbonyl (C=O) groups excluding carboxylic acids is 1. The average molecular weight is 378 g/mol. The van der Waals surface area contributed by atoms with Crippen molar-refractivity contribution < 1.29 is 13.9 Å². The second-order valence-electron chi connectivity index (χ2n) is 6.81. The molecule has 0 amide bonds. The van der Waals surface area contributed by atoms with Gasteiger partial charge in [-0.15, -0.1) is 0 Å². The third kappa shape index (κ3) is 3.09. The number of hydrogen-bond acceptors (Lipinski definition) is 6. The SMILES string of the molecule is COc1ncccc1-c1cc(F)ccc1C1CC(=O)c2c(C)nc(N)nc2C1. The molecule has 2 heterocycles. The summed E-state index contributed by atoms with van der Waals surface area (Å²) in [5.74, 6) is -0.00162. The summed E-state index contributed by atoms with van der Waals surface area (Å²) in [5, 5.41) is 0. The number of benzene rings is 1. The van der Waals surface area contributed by atoms with Crippen molar-refractivity contribution in [1.29, 1.82) is 0 Å². The van der Waals surface area contributed by atoms with Gasteiger partial charge >= 0.3 is 0 Å². The highest BCUT2D eigenvalue weighted by Gasteiger charge is 2.31. The predicted molar refractivity (Wildman–Crippen MR) is 103 cm³/mol. The molecule has 2 aromatic heterocycles. The smallest absolute Gasteiger partial charge is 0.221 e. The lowest BCUT2D eigenvalue weighted by Gasteiger charge is -2.26. The van der Waals surface area contributed by atoms with Gasteiger partial charge in [0.25, 0.3) is 0 Å². The molecule has 2 N–H and O–H groups in total. The lowest BCUT2D eigenvalue weighted by molar-refractivity contribution is 0.0962. The van der Waals surface area contributed by atoms with Gasteiger partial charge in [0.1, 0.15) is 5.82 Å². The second kappa shape index (κ2) is 6.99. The van der Waals surface area contributed by atoms with E-state index in [-0.39, 0.29) is 23.5 Å². The van der Waals surface area contributed by atoms with E-state index < -0.39 is 0 Å². The van der Waals surface area contributed by atoms with Crippen molar-refractivity contribution in [1.82, 2.24) is 15.0 Å². The van der Waals surface area contributed by atoms with Gasteiger partial charge in [-0.1, -0.05) is 6.07 Å². The van der Waals surface area contributed by atoms with Crippen LogP contribution in [0.4, 0.5) is 10.3 Å². The first-order valence-corrected chi connectivity index (χ1v) is 8.93. The topological polar surface area (TPSA) is 91.0 Å². The first-order chi connectivity index (χ1) is 13.5. The summed E-state index contributed by atoms with van der Waals surface area (Å²) in [5.41, 5.74) is 9.75. The summed E-state index contributed by atoms with van der Waals surface area (Å²) in [6.45, 7) is 1.76. The Hall–Kier alpha value is -3.35. The number of pyridine rings is 1. The number of anilines is 1. The van der Waals surface area contributed by atoms with Crippen LogP contribution in [0.25, 0.3) is 11.1 Å². The van der Waals surface area contributed by atoms with Crippen LogP contribution in [0.2, 0.25) is 0 Å². The molecule has 7 heteroatoms. The normalized spacial score (nSPS) is 16.0. The number of carbonyl (C=O) groups is 1. The number of nitrogen functional groups attached to an aromatic ring is 1. The summed E-state index contributed by atoms with van der Waals surface area (Å²) in [6, 6.07) is 8.17. The number of methoxy groups -OCH3 is 1. The number of fused-ring (bicyclic) bond motifs is 1. The Balaban J connectivity index is 1.84. The van der Waals surface area contributed by atoms with Crippen LogP contribution in [0, 0.1) is 12.7 Å². The molecule has 1 aliphatic carbocycles. The fraction of sp³-hybridized carbons (Fsp3) is 0.238. The van der Waals surface area contributed by atoms with Gasteiger partial charge < -0.3 is 10.5 Å². The zero-order valence-electron chi connectivity index (χ0n) is 15.6. The highest BCUT2D eigenvalue weighted by Crippen LogP contribution is 2.40. The van der Waals surface area contributed by atoms with Crippen LogP contribution in [-0.2, 0) is 6.42 Å². The van der Waals surface area contributed by atoms with Crippen molar-refractivity contribution in [3.8, 4) is 17.0 Å². The van der Waals surface area contributed by atoms with Crippen LogP contribution >= 0.6 is 0 Å². The van der Waals surface area contributed by atoms with Gasteiger partial charge in [0.15, 0.2) is 5.78 Å². The summed E-state index contributed by atoms with van der Waals surface area (Å²) in [7, 11) is 1.52.